The van der Waals surface area contributed by atoms with Gasteiger partial charge in [0, 0.05) is 5.02 Å². The summed E-state index contributed by atoms with van der Waals surface area (Å²) in [5.74, 6) is 0.140. The molecular formula is C19H16ClNO4S. The lowest BCUT2D eigenvalue weighted by molar-refractivity contribution is -0.123. The predicted octanol–water partition coefficient (Wildman–Crippen LogP) is 3.82. The summed E-state index contributed by atoms with van der Waals surface area (Å²) in [4.78, 5) is 25.9. The molecule has 1 N–H and O–H groups in total. The number of ether oxygens (including phenoxy) is 1. The van der Waals surface area contributed by atoms with Gasteiger partial charge in [0.1, 0.15) is 18.5 Å². The van der Waals surface area contributed by atoms with Crippen molar-refractivity contribution in [2.24, 2.45) is 0 Å². The molecule has 0 aromatic heterocycles. The number of aliphatic hydroxyl groups is 1. The zero-order valence-corrected chi connectivity index (χ0v) is 15.2. The van der Waals surface area contributed by atoms with Crippen LogP contribution in [-0.2, 0) is 4.79 Å². The molecule has 5 nitrogen and oxygen atoms in total. The molecule has 0 unspecified atom stereocenters. The van der Waals surface area contributed by atoms with Crippen molar-refractivity contribution in [1.82, 2.24) is 4.90 Å². The number of hydrogen-bond donors (Lipinski definition) is 1. The minimum atomic E-state index is -0.991. The lowest BCUT2D eigenvalue weighted by Gasteiger charge is -2.18. The average Bonchev–Trinajstić information content (AvgIpc) is 2.89. The van der Waals surface area contributed by atoms with Gasteiger partial charge in [0.25, 0.3) is 11.1 Å². The lowest BCUT2D eigenvalue weighted by Crippen LogP contribution is -2.38. The van der Waals surface area contributed by atoms with Gasteiger partial charge in [-0.15, -0.1) is 0 Å². The number of benzene rings is 2. The first kappa shape index (κ1) is 18.5. The number of hydrogen-bond acceptors (Lipinski definition) is 5. The predicted molar refractivity (Wildman–Crippen MR) is 102 cm³/mol. The van der Waals surface area contributed by atoms with Crippen molar-refractivity contribution in [2.75, 3.05) is 13.2 Å². The van der Waals surface area contributed by atoms with Gasteiger partial charge >= 0.3 is 0 Å². The van der Waals surface area contributed by atoms with E-state index in [1.165, 1.54) is 0 Å². The minimum absolute atomic E-state index is 0.0406. The quantitative estimate of drug-likeness (QED) is 0.761. The van der Waals surface area contributed by atoms with Crippen LogP contribution in [-0.4, -0.2) is 40.4 Å². The van der Waals surface area contributed by atoms with Crippen LogP contribution in [0.5, 0.6) is 5.75 Å². The van der Waals surface area contributed by atoms with E-state index in [0.717, 1.165) is 22.2 Å². The molecule has 1 atom stereocenters. The first-order valence-corrected chi connectivity index (χ1v) is 9.09. The zero-order valence-electron chi connectivity index (χ0n) is 13.7. The molecule has 2 amide bonds. The fraction of sp³-hybridized carbons (Fsp3) is 0.158. The number of rotatable bonds is 6. The Labute approximate surface area is 160 Å². The summed E-state index contributed by atoms with van der Waals surface area (Å²) >= 11 is 6.66. The van der Waals surface area contributed by atoms with Crippen LogP contribution in [0.2, 0.25) is 5.02 Å². The van der Waals surface area contributed by atoms with Crippen LogP contribution in [0.4, 0.5) is 4.79 Å². The maximum atomic E-state index is 12.4. The molecule has 26 heavy (non-hydrogen) atoms. The number of carbonyl (C=O) groups excluding carboxylic acids is 2. The molecule has 1 saturated heterocycles. The van der Waals surface area contributed by atoms with Gasteiger partial charge in [-0.3, -0.25) is 14.5 Å². The van der Waals surface area contributed by atoms with E-state index in [4.69, 9.17) is 16.3 Å². The summed E-state index contributed by atoms with van der Waals surface area (Å²) in [7, 11) is 0. The van der Waals surface area contributed by atoms with Crippen molar-refractivity contribution in [1.29, 1.82) is 0 Å². The second kappa shape index (κ2) is 8.40. The summed E-state index contributed by atoms with van der Waals surface area (Å²) in [6, 6.07) is 16.0. The maximum absolute atomic E-state index is 12.4. The fourth-order valence-corrected chi connectivity index (χ4v) is 3.32. The van der Waals surface area contributed by atoms with E-state index in [-0.39, 0.29) is 13.2 Å². The number of aliphatic hydroxyl groups excluding tert-OH is 1. The molecular weight excluding hydrogens is 374 g/mol. The summed E-state index contributed by atoms with van der Waals surface area (Å²) < 4.78 is 5.45. The molecule has 0 radical (unpaired) electrons. The summed E-state index contributed by atoms with van der Waals surface area (Å²) in [5.41, 5.74) is 0.838. The molecule has 0 aliphatic carbocycles. The Balaban J connectivity index is 1.58. The van der Waals surface area contributed by atoms with Crippen molar-refractivity contribution < 1.29 is 19.4 Å². The van der Waals surface area contributed by atoms with Gasteiger partial charge in [-0.1, -0.05) is 41.9 Å². The van der Waals surface area contributed by atoms with E-state index in [1.54, 1.807) is 30.3 Å². The van der Waals surface area contributed by atoms with Crippen LogP contribution in [0.25, 0.3) is 6.08 Å². The number of imide groups is 1. The molecule has 134 valence electrons. The molecule has 0 bridgehead atoms. The Morgan fingerprint density at radius 3 is 2.50 bits per heavy atom. The summed E-state index contributed by atoms with van der Waals surface area (Å²) in [5, 5.41) is 10.3. The van der Waals surface area contributed by atoms with Crippen LogP contribution in [0.1, 0.15) is 5.56 Å². The average molecular weight is 390 g/mol. The molecule has 1 aliphatic rings. The highest BCUT2D eigenvalue weighted by molar-refractivity contribution is 8.18. The number of nitrogens with zero attached hydrogens (tertiary/aromatic N) is 1. The van der Waals surface area contributed by atoms with Gasteiger partial charge < -0.3 is 9.84 Å². The normalized spacial score (nSPS) is 17.0. The van der Waals surface area contributed by atoms with Gasteiger partial charge in [0.05, 0.1) is 11.4 Å². The topological polar surface area (TPSA) is 66.8 Å². The molecule has 3 rings (SSSR count). The van der Waals surface area contributed by atoms with Crippen molar-refractivity contribution >= 4 is 40.6 Å². The van der Waals surface area contributed by atoms with Crippen molar-refractivity contribution in [3.05, 3.63) is 70.1 Å². The minimum Gasteiger partial charge on any atom is -0.491 e. The molecule has 1 aliphatic heterocycles. The van der Waals surface area contributed by atoms with E-state index in [0.29, 0.717) is 15.7 Å². The van der Waals surface area contributed by atoms with Crippen LogP contribution in [0.15, 0.2) is 59.5 Å². The lowest BCUT2D eigenvalue weighted by atomic mass is 10.2. The molecule has 2 aromatic carbocycles. The Morgan fingerprint density at radius 2 is 1.81 bits per heavy atom. The smallest absolute Gasteiger partial charge is 0.293 e. The van der Waals surface area contributed by atoms with Crippen LogP contribution >= 0.6 is 23.4 Å². The highest BCUT2D eigenvalue weighted by Gasteiger charge is 2.36. The maximum Gasteiger partial charge on any atom is 0.293 e. The van der Waals surface area contributed by atoms with Gasteiger partial charge in [0.15, 0.2) is 0 Å². The third kappa shape index (κ3) is 4.66. The number of amides is 2. The Kier molecular flexibility index (Phi) is 5.98. The molecule has 0 saturated carbocycles. The van der Waals surface area contributed by atoms with E-state index in [9.17, 15) is 14.7 Å². The van der Waals surface area contributed by atoms with Crippen LogP contribution < -0.4 is 4.74 Å². The highest BCUT2D eigenvalue weighted by atomic mass is 35.5. The van der Waals surface area contributed by atoms with Gasteiger partial charge in [-0.2, -0.15) is 0 Å². The molecule has 2 aromatic rings. The molecule has 1 heterocycles. The third-order valence-corrected chi connectivity index (χ3v) is 4.78. The largest absolute Gasteiger partial charge is 0.491 e. The number of halogens is 1. The third-order valence-electron chi connectivity index (χ3n) is 3.62. The monoisotopic (exact) mass is 389 g/mol. The summed E-state index contributed by atoms with van der Waals surface area (Å²) in [6.07, 6.45) is 0.678. The number of thioether (sulfide) groups is 1. The zero-order chi connectivity index (χ0) is 18.5. The van der Waals surface area contributed by atoms with Crippen molar-refractivity contribution in [3.8, 4) is 5.75 Å². The van der Waals surface area contributed by atoms with E-state index in [1.807, 2.05) is 30.3 Å². The second-order valence-corrected chi connectivity index (χ2v) is 7.05. The molecule has 7 heteroatoms. The van der Waals surface area contributed by atoms with E-state index in [2.05, 4.69) is 0 Å². The second-order valence-electron chi connectivity index (χ2n) is 5.62. The SMILES string of the molecule is O=C1S/C(=C/c2ccccc2)C(=O)N1C[C@@H](O)COc1ccc(Cl)cc1. The Morgan fingerprint density at radius 1 is 1.12 bits per heavy atom. The highest BCUT2D eigenvalue weighted by Crippen LogP contribution is 2.32. The van der Waals surface area contributed by atoms with Gasteiger partial charge in [-0.05, 0) is 47.7 Å². The Bertz CT molecular complexity index is 823. The molecule has 1 fully saturated rings. The first-order valence-electron chi connectivity index (χ1n) is 7.90. The Hall–Kier alpha value is -2.28. The van der Waals surface area contributed by atoms with Crippen LogP contribution in [0, 0.1) is 0 Å². The van der Waals surface area contributed by atoms with Crippen LogP contribution in [0.3, 0.4) is 0 Å². The fourth-order valence-electron chi connectivity index (χ4n) is 2.34. The first-order chi connectivity index (χ1) is 12.5. The summed E-state index contributed by atoms with van der Waals surface area (Å²) in [6.45, 7) is -0.161. The number of β-amino-alcohol motifs (C(OH)–C–C–N with tert-alkyl or cyclic N) is 1. The van der Waals surface area contributed by atoms with Gasteiger partial charge in [-0.25, -0.2) is 0 Å². The number of carbonyl (C=O) groups is 2. The van der Waals surface area contributed by atoms with E-state index < -0.39 is 17.3 Å². The van der Waals surface area contributed by atoms with E-state index >= 15 is 0 Å². The van der Waals surface area contributed by atoms with Gasteiger partial charge in [0.2, 0.25) is 0 Å². The molecule has 0 spiro atoms. The standard InChI is InChI=1S/C19H16ClNO4S/c20-14-6-8-16(9-7-14)25-12-15(22)11-21-18(23)17(26-19(21)24)10-13-4-2-1-3-5-13/h1-10,15,22H,11-12H2/b17-10+/t15-/m1/s1. The van der Waals surface area contributed by atoms with Crippen molar-refractivity contribution in [3.63, 3.8) is 0 Å². The van der Waals surface area contributed by atoms with Crippen molar-refractivity contribution in [2.45, 2.75) is 6.10 Å².